The fraction of sp³-hybridized carbons (Fsp3) is 0.533. The van der Waals surface area contributed by atoms with E-state index in [1.165, 1.54) is 18.2 Å². The molecule has 1 aromatic rings. The third kappa shape index (κ3) is 4.97. The Morgan fingerprint density at radius 3 is 2.71 bits per heavy atom. The number of anilines is 1. The monoisotopic (exact) mass is 299 g/mol. The summed E-state index contributed by atoms with van der Waals surface area (Å²) in [5.74, 6) is -0.340. The summed E-state index contributed by atoms with van der Waals surface area (Å²) in [6, 6.07) is 5.81. The molecule has 1 aliphatic rings. The van der Waals surface area contributed by atoms with Gasteiger partial charge in [0.05, 0.1) is 12.0 Å². The SMILES string of the molecule is O=C(CC1(O)CCCCC1)Nc1cccc(OC(F)F)c1. The summed E-state index contributed by atoms with van der Waals surface area (Å²) in [6.07, 6.45) is 4.18. The third-order valence-electron chi connectivity index (χ3n) is 3.62. The first-order valence-electron chi connectivity index (χ1n) is 7.04. The van der Waals surface area contributed by atoms with Crippen molar-refractivity contribution in [3.63, 3.8) is 0 Å². The number of benzene rings is 1. The van der Waals surface area contributed by atoms with Crippen molar-refractivity contribution in [2.45, 2.75) is 50.7 Å². The molecule has 116 valence electrons. The van der Waals surface area contributed by atoms with Crippen LogP contribution in [0, 0.1) is 0 Å². The van der Waals surface area contributed by atoms with Gasteiger partial charge >= 0.3 is 6.61 Å². The molecule has 1 saturated carbocycles. The fourth-order valence-corrected chi connectivity index (χ4v) is 2.64. The summed E-state index contributed by atoms with van der Waals surface area (Å²) in [7, 11) is 0. The number of hydrogen-bond acceptors (Lipinski definition) is 3. The molecule has 0 saturated heterocycles. The largest absolute Gasteiger partial charge is 0.435 e. The molecule has 0 spiro atoms. The number of halogens is 2. The first kappa shape index (κ1) is 15.7. The minimum absolute atomic E-state index is 0.0146. The van der Waals surface area contributed by atoms with Crippen LogP contribution in [0.4, 0.5) is 14.5 Å². The Bertz CT molecular complexity index is 488. The highest BCUT2D eigenvalue weighted by Crippen LogP contribution is 2.31. The Kier molecular flexibility index (Phi) is 5.12. The smallest absolute Gasteiger partial charge is 0.387 e. The molecular weight excluding hydrogens is 280 g/mol. The minimum atomic E-state index is -2.90. The molecule has 0 unspecified atom stereocenters. The lowest BCUT2D eigenvalue weighted by Gasteiger charge is -2.31. The maximum atomic E-state index is 12.1. The van der Waals surface area contributed by atoms with E-state index < -0.39 is 12.2 Å². The van der Waals surface area contributed by atoms with Gasteiger partial charge in [-0.15, -0.1) is 0 Å². The van der Waals surface area contributed by atoms with Crippen molar-refractivity contribution in [3.05, 3.63) is 24.3 Å². The van der Waals surface area contributed by atoms with Crippen LogP contribution in [-0.4, -0.2) is 23.2 Å². The topological polar surface area (TPSA) is 58.6 Å². The zero-order chi connectivity index (χ0) is 15.3. The molecule has 21 heavy (non-hydrogen) atoms. The number of hydrogen-bond donors (Lipinski definition) is 2. The van der Waals surface area contributed by atoms with Crippen LogP contribution in [0.5, 0.6) is 5.75 Å². The van der Waals surface area contributed by atoms with Gasteiger partial charge in [-0.05, 0) is 25.0 Å². The molecule has 0 aromatic heterocycles. The second-order valence-electron chi connectivity index (χ2n) is 5.42. The van der Waals surface area contributed by atoms with Crippen molar-refractivity contribution in [3.8, 4) is 5.75 Å². The van der Waals surface area contributed by atoms with E-state index >= 15 is 0 Å². The lowest BCUT2D eigenvalue weighted by Crippen LogP contribution is -2.35. The van der Waals surface area contributed by atoms with Crippen LogP contribution in [0.1, 0.15) is 38.5 Å². The van der Waals surface area contributed by atoms with Crippen LogP contribution in [0.15, 0.2) is 24.3 Å². The molecule has 1 fully saturated rings. The van der Waals surface area contributed by atoms with Crippen LogP contribution in [-0.2, 0) is 4.79 Å². The quantitative estimate of drug-likeness (QED) is 0.877. The molecule has 2 rings (SSSR count). The third-order valence-corrected chi connectivity index (χ3v) is 3.62. The molecule has 1 aromatic carbocycles. The number of carbonyl (C=O) groups excluding carboxylic acids is 1. The van der Waals surface area contributed by atoms with Gasteiger partial charge in [-0.2, -0.15) is 8.78 Å². The number of aliphatic hydroxyl groups is 1. The second kappa shape index (κ2) is 6.85. The number of alkyl halides is 2. The lowest BCUT2D eigenvalue weighted by molar-refractivity contribution is -0.122. The highest BCUT2D eigenvalue weighted by Gasteiger charge is 2.31. The average Bonchev–Trinajstić information content (AvgIpc) is 2.38. The Hall–Kier alpha value is -1.69. The van der Waals surface area contributed by atoms with E-state index in [-0.39, 0.29) is 18.1 Å². The maximum absolute atomic E-state index is 12.1. The van der Waals surface area contributed by atoms with E-state index in [2.05, 4.69) is 10.1 Å². The molecule has 6 heteroatoms. The summed E-state index contributed by atoms with van der Waals surface area (Å²) in [6.45, 7) is -2.90. The second-order valence-corrected chi connectivity index (χ2v) is 5.42. The maximum Gasteiger partial charge on any atom is 0.387 e. The molecule has 4 nitrogen and oxygen atoms in total. The van der Waals surface area contributed by atoms with Gasteiger partial charge in [0.1, 0.15) is 5.75 Å². The summed E-state index contributed by atoms with van der Waals surface area (Å²) in [5.41, 5.74) is -0.572. The number of nitrogens with one attached hydrogen (secondary N) is 1. The Balaban J connectivity index is 1.93. The fourth-order valence-electron chi connectivity index (χ4n) is 2.64. The predicted octanol–water partition coefficient (Wildman–Crippen LogP) is 3.31. The van der Waals surface area contributed by atoms with Crippen molar-refractivity contribution in [2.75, 3.05) is 5.32 Å². The summed E-state index contributed by atoms with van der Waals surface area (Å²) in [5, 5.41) is 12.9. The van der Waals surface area contributed by atoms with E-state index in [0.29, 0.717) is 18.5 Å². The van der Waals surface area contributed by atoms with E-state index in [0.717, 1.165) is 19.3 Å². The Morgan fingerprint density at radius 2 is 2.05 bits per heavy atom. The van der Waals surface area contributed by atoms with E-state index in [9.17, 15) is 18.7 Å². The van der Waals surface area contributed by atoms with Crippen molar-refractivity contribution in [1.82, 2.24) is 0 Å². The van der Waals surface area contributed by atoms with Crippen LogP contribution < -0.4 is 10.1 Å². The predicted molar refractivity (Wildman–Crippen MR) is 74.4 cm³/mol. The van der Waals surface area contributed by atoms with Crippen molar-refractivity contribution in [1.29, 1.82) is 0 Å². The van der Waals surface area contributed by atoms with Crippen LogP contribution in [0.2, 0.25) is 0 Å². The van der Waals surface area contributed by atoms with Gasteiger partial charge in [0.2, 0.25) is 5.91 Å². The van der Waals surface area contributed by atoms with Crippen LogP contribution >= 0.6 is 0 Å². The van der Waals surface area contributed by atoms with Crippen molar-refractivity contribution >= 4 is 11.6 Å². The first-order chi connectivity index (χ1) is 9.97. The minimum Gasteiger partial charge on any atom is -0.435 e. The van der Waals surface area contributed by atoms with E-state index in [4.69, 9.17) is 0 Å². The van der Waals surface area contributed by atoms with Gasteiger partial charge < -0.3 is 15.2 Å². The summed E-state index contributed by atoms with van der Waals surface area (Å²) >= 11 is 0. The van der Waals surface area contributed by atoms with Gasteiger partial charge in [0, 0.05) is 11.8 Å². The normalized spacial score (nSPS) is 17.5. The average molecular weight is 299 g/mol. The Labute approximate surface area is 122 Å². The molecule has 0 bridgehead atoms. The van der Waals surface area contributed by atoms with Crippen molar-refractivity contribution in [2.24, 2.45) is 0 Å². The van der Waals surface area contributed by atoms with E-state index in [1.54, 1.807) is 6.07 Å². The van der Waals surface area contributed by atoms with Crippen LogP contribution in [0.25, 0.3) is 0 Å². The van der Waals surface area contributed by atoms with Crippen molar-refractivity contribution < 1.29 is 23.4 Å². The summed E-state index contributed by atoms with van der Waals surface area (Å²) in [4.78, 5) is 12.0. The highest BCUT2D eigenvalue weighted by atomic mass is 19.3. The van der Waals surface area contributed by atoms with Gasteiger partial charge in [-0.25, -0.2) is 0 Å². The van der Waals surface area contributed by atoms with Gasteiger partial charge in [-0.3, -0.25) is 4.79 Å². The van der Waals surface area contributed by atoms with Gasteiger partial charge in [0.15, 0.2) is 0 Å². The molecule has 0 radical (unpaired) electrons. The lowest BCUT2D eigenvalue weighted by atomic mass is 9.82. The van der Waals surface area contributed by atoms with Gasteiger partial charge in [-0.1, -0.05) is 25.3 Å². The van der Waals surface area contributed by atoms with Crippen LogP contribution in [0.3, 0.4) is 0 Å². The molecule has 0 aliphatic heterocycles. The molecule has 1 aliphatic carbocycles. The number of amides is 1. The van der Waals surface area contributed by atoms with E-state index in [1.807, 2.05) is 0 Å². The number of carbonyl (C=O) groups is 1. The summed E-state index contributed by atoms with van der Waals surface area (Å²) < 4.78 is 28.5. The molecular formula is C15H19F2NO3. The molecule has 1 amide bonds. The zero-order valence-corrected chi connectivity index (χ0v) is 11.6. The Morgan fingerprint density at radius 1 is 1.33 bits per heavy atom. The standard InChI is InChI=1S/C15H19F2NO3/c16-14(17)21-12-6-4-5-11(9-12)18-13(19)10-15(20)7-2-1-3-8-15/h4-6,9,14,20H,1-3,7-8,10H2,(H,18,19). The zero-order valence-electron chi connectivity index (χ0n) is 11.6. The molecule has 0 atom stereocenters. The molecule has 2 N–H and O–H groups in total. The molecule has 0 heterocycles. The first-order valence-corrected chi connectivity index (χ1v) is 7.04. The van der Waals surface area contributed by atoms with Gasteiger partial charge in [0.25, 0.3) is 0 Å². The number of rotatable bonds is 5. The highest BCUT2D eigenvalue weighted by molar-refractivity contribution is 5.91. The number of ether oxygens (including phenoxy) is 1.